The van der Waals surface area contributed by atoms with Crippen molar-refractivity contribution in [2.45, 2.75) is 38.6 Å². The zero-order valence-corrected chi connectivity index (χ0v) is 15.0. The molecule has 1 fully saturated rings. The van der Waals surface area contributed by atoms with Crippen molar-refractivity contribution in [3.63, 3.8) is 0 Å². The molecule has 0 bridgehead atoms. The van der Waals surface area contributed by atoms with Crippen LogP contribution in [0.25, 0.3) is 4.96 Å². The number of thiazole rings is 1. The summed E-state index contributed by atoms with van der Waals surface area (Å²) >= 11 is 1.43. The van der Waals surface area contributed by atoms with Crippen LogP contribution in [0, 0.1) is 12.7 Å². The van der Waals surface area contributed by atoms with Crippen molar-refractivity contribution in [2.75, 3.05) is 13.1 Å². The Kier molecular flexibility index (Phi) is 4.43. The Hall–Kier alpha value is -1.99. The van der Waals surface area contributed by atoms with Gasteiger partial charge in [-0.2, -0.15) is 4.52 Å². The van der Waals surface area contributed by atoms with Crippen LogP contribution in [-0.4, -0.2) is 37.7 Å². The first-order chi connectivity index (χ1) is 12.1. The van der Waals surface area contributed by atoms with Crippen LogP contribution in [0.1, 0.15) is 48.0 Å². The third kappa shape index (κ3) is 3.14. The highest BCUT2D eigenvalue weighted by atomic mass is 32.1. The minimum atomic E-state index is -0.257. The molecule has 0 spiro atoms. The Labute approximate surface area is 149 Å². The number of likely N-dealkylation sites (tertiary alicyclic amines) is 1. The van der Waals surface area contributed by atoms with Gasteiger partial charge in [-0.05, 0) is 50.6 Å². The van der Waals surface area contributed by atoms with Gasteiger partial charge in [0.15, 0.2) is 0 Å². The summed E-state index contributed by atoms with van der Waals surface area (Å²) in [5, 5.41) is 15.0. The van der Waals surface area contributed by atoms with Crippen molar-refractivity contribution in [2.24, 2.45) is 0 Å². The summed E-state index contributed by atoms with van der Waals surface area (Å²) in [7, 11) is 0. The highest BCUT2D eigenvalue weighted by molar-refractivity contribution is 7.17. The molecule has 0 unspecified atom stereocenters. The molecule has 1 aromatic carbocycles. The van der Waals surface area contributed by atoms with Crippen molar-refractivity contribution in [3.8, 4) is 5.88 Å². The number of aromatic hydroxyl groups is 1. The van der Waals surface area contributed by atoms with Crippen LogP contribution in [0.15, 0.2) is 24.3 Å². The summed E-state index contributed by atoms with van der Waals surface area (Å²) in [6.45, 7) is 3.68. The molecule has 7 heteroatoms. The largest absolute Gasteiger partial charge is 0.492 e. The molecule has 1 aliphatic rings. The molecule has 132 valence electrons. The smallest absolute Gasteiger partial charge is 0.230 e. The second kappa shape index (κ2) is 6.72. The molecule has 0 radical (unpaired) electrons. The Morgan fingerprint density at radius 3 is 2.64 bits per heavy atom. The normalized spacial score (nSPS) is 17.7. The highest BCUT2D eigenvalue weighted by Crippen LogP contribution is 2.40. The van der Waals surface area contributed by atoms with Gasteiger partial charge in [-0.1, -0.05) is 36.3 Å². The standard InChI is InChI=1S/C18H21FN4OS/c1-12-20-18-23(21-12)17(24)16(25-18)15(13-7-6-8-14(19)11-13)22-9-4-2-3-5-10-22/h6-8,11,15,24H,2-5,9-10H2,1H3/t15-/m0/s1. The fourth-order valence-corrected chi connectivity index (χ4v) is 4.75. The Balaban J connectivity index is 1.83. The van der Waals surface area contributed by atoms with Crippen molar-refractivity contribution in [3.05, 3.63) is 46.3 Å². The van der Waals surface area contributed by atoms with Crippen molar-refractivity contribution in [1.82, 2.24) is 19.5 Å². The number of benzene rings is 1. The summed E-state index contributed by atoms with van der Waals surface area (Å²) in [5.74, 6) is 0.483. The fraction of sp³-hybridized carbons (Fsp3) is 0.444. The zero-order valence-electron chi connectivity index (χ0n) is 14.2. The molecule has 5 nitrogen and oxygen atoms in total. The minimum Gasteiger partial charge on any atom is -0.492 e. The second-order valence-corrected chi connectivity index (χ2v) is 7.56. The molecule has 1 saturated heterocycles. The molecule has 0 aliphatic carbocycles. The molecular weight excluding hydrogens is 339 g/mol. The quantitative estimate of drug-likeness (QED) is 0.769. The van der Waals surface area contributed by atoms with E-state index in [1.165, 1.54) is 34.8 Å². The van der Waals surface area contributed by atoms with E-state index in [-0.39, 0.29) is 17.7 Å². The van der Waals surface area contributed by atoms with Crippen LogP contribution in [0.5, 0.6) is 5.88 Å². The van der Waals surface area contributed by atoms with E-state index < -0.39 is 0 Å². The van der Waals surface area contributed by atoms with Gasteiger partial charge in [0.2, 0.25) is 10.8 Å². The van der Waals surface area contributed by atoms with E-state index in [0.717, 1.165) is 36.4 Å². The van der Waals surface area contributed by atoms with Crippen molar-refractivity contribution >= 4 is 16.3 Å². The van der Waals surface area contributed by atoms with E-state index in [0.29, 0.717) is 10.8 Å². The van der Waals surface area contributed by atoms with Crippen LogP contribution < -0.4 is 0 Å². The highest BCUT2D eigenvalue weighted by Gasteiger charge is 2.30. The number of rotatable bonds is 3. The Morgan fingerprint density at radius 1 is 1.20 bits per heavy atom. The maximum absolute atomic E-state index is 13.9. The number of aryl methyl sites for hydroxylation is 1. The lowest BCUT2D eigenvalue weighted by Crippen LogP contribution is -2.30. The van der Waals surface area contributed by atoms with E-state index in [1.807, 2.05) is 6.07 Å². The molecule has 1 aliphatic heterocycles. The van der Waals surface area contributed by atoms with Crippen LogP contribution in [0.4, 0.5) is 4.39 Å². The lowest BCUT2D eigenvalue weighted by Gasteiger charge is -2.30. The molecule has 3 heterocycles. The molecule has 3 aromatic rings. The fourth-order valence-electron chi connectivity index (χ4n) is 3.58. The first kappa shape index (κ1) is 16.5. The third-order valence-electron chi connectivity index (χ3n) is 4.72. The van der Waals surface area contributed by atoms with Crippen LogP contribution in [0.2, 0.25) is 0 Å². The van der Waals surface area contributed by atoms with Gasteiger partial charge in [0.1, 0.15) is 11.6 Å². The molecule has 0 amide bonds. The first-order valence-electron chi connectivity index (χ1n) is 8.68. The summed E-state index contributed by atoms with van der Waals surface area (Å²) in [6, 6.07) is 6.50. The summed E-state index contributed by atoms with van der Waals surface area (Å²) < 4.78 is 15.4. The lowest BCUT2D eigenvalue weighted by atomic mass is 10.0. The second-order valence-electron chi connectivity index (χ2n) is 6.55. The molecule has 1 atom stereocenters. The number of aromatic nitrogens is 3. The Bertz CT molecular complexity index is 882. The zero-order chi connectivity index (χ0) is 17.4. The van der Waals surface area contributed by atoms with Gasteiger partial charge in [-0.3, -0.25) is 4.90 Å². The van der Waals surface area contributed by atoms with Gasteiger partial charge in [0, 0.05) is 0 Å². The number of nitrogens with zero attached hydrogens (tertiary/aromatic N) is 4. The molecule has 2 aromatic heterocycles. The summed E-state index contributed by atoms with van der Waals surface area (Å²) in [5.41, 5.74) is 0.860. The van der Waals surface area contributed by atoms with E-state index in [9.17, 15) is 9.50 Å². The number of halogens is 1. The van der Waals surface area contributed by atoms with Crippen LogP contribution >= 0.6 is 11.3 Å². The van der Waals surface area contributed by atoms with Gasteiger partial charge in [0.05, 0.1) is 10.9 Å². The van der Waals surface area contributed by atoms with Gasteiger partial charge >= 0.3 is 0 Å². The molecule has 1 N–H and O–H groups in total. The lowest BCUT2D eigenvalue weighted by molar-refractivity contribution is 0.232. The molecule has 25 heavy (non-hydrogen) atoms. The van der Waals surface area contributed by atoms with Gasteiger partial charge in [-0.25, -0.2) is 9.37 Å². The summed E-state index contributed by atoms with van der Waals surface area (Å²) in [4.78, 5) is 8.16. The van der Waals surface area contributed by atoms with E-state index >= 15 is 0 Å². The molecule has 0 saturated carbocycles. The summed E-state index contributed by atoms with van der Waals surface area (Å²) in [6.07, 6.45) is 4.67. The minimum absolute atomic E-state index is 0.110. The predicted octanol–water partition coefficient (Wildman–Crippen LogP) is 3.91. The SMILES string of the molecule is Cc1nc2sc([C@H](c3cccc(F)c3)N3CCCCCC3)c(O)n2n1. The topological polar surface area (TPSA) is 53.7 Å². The number of hydrogen-bond acceptors (Lipinski definition) is 5. The first-order valence-corrected chi connectivity index (χ1v) is 9.49. The molecule has 4 rings (SSSR count). The van der Waals surface area contributed by atoms with Gasteiger partial charge in [-0.15, -0.1) is 5.10 Å². The van der Waals surface area contributed by atoms with Gasteiger partial charge in [0.25, 0.3) is 0 Å². The maximum atomic E-state index is 13.9. The van der Waals surface area contributed by atoms with Crippen LogP contribution in [-0.2, 0) is 0 Å². The number of fused-ring (bicyclic) bond motifs is 1. The van der Waals surface area contributed by atoms with Crippen molar-refractivity contribution < 1.29 is 9.50 Å². The van der Waals surface area contributed by atoms with E-state index in [2.05, 4.69) is 15.0 Å². The van der Waals surface area contributed by atoms with Crippen LogP contribution in [0.3, 0.4) is 0 Å². The average Bonchev–Trinajstić information content (AvgIpc) is 2.95. The Morgan fingerprint density at radius 2 is 1.96 bits per heavy atom. The molecular formula is C18H21FN4OS. The monoisotopic (exact) mass is 360 g/mol. The van der Waals surface area contributed by atoms with Crippen molar-refractivity contribution in [1.29, 1.82) is 0 Å². The third-order valence-corrected chi connectivity index (χ3v) is 5.80. The van der Waals surface area contributed by atoms with E-state index in [1.54, 1.807) is 19.1 Å². The predicted molar refractivity (Wildman–Crippen MR) is 95.5 cm³/mol. The van der Waals surface area contributed by atoms with E-state index in [4.69, 9.17) is 0 Å². The maximum Gasteiger partial charge on any atom is 0.230 e. The number of hydrogen-bond donors (Lipinski definition) is 1. The average molecular weight is 360 g/mol. The van der Waals surface area contributed by atoms with Gasteiger partial charge < -0.3 is 5.11 Å².